The average Bonchev–Trinajstić information content (AvgIpc) is 2.47. The molecule has 0 aliphatic heterocycles. The molecule has 1 aromatic carbocycles. The molecular formula is C17H29NOS. The van der Waals surface area contributed by atoms with Crippen molar-refractivity contribution in [3.05, 3.63) is 35.9 Å². The van der Waals surface area contributed by atoms with Crippen LogP contribution in [0.5, 0.6) is 0 Å². The maximum atomic E-state index is 9.09. The van der Waals surface area contributed by atoms with Gasteiger partial charge in [-0.05, 0) is 31.4 Å². The minimum atomic E-state index is 0.281. The highest BCUT2D eigenvalue weighted by atomic mass is 32.2. The van der Waals surface area contributed by atoms with E-state index in [-0.39, 0.29) is 6.61 Å². The van der Waals surface area contributed by atoms with E-state index in [1.165, 1.54) is 5.56 Å². The Labute approximate surface area is 128 Å². The van der Waals surface area contributed by atoms with Gasteiger partial charge in [-0.25, -0.2) is 0 Å². The van der Waals surface area contributed by atoms with Crippen molar-refractivity contribution in [1.82, 2.24) is 5.32 Å². The lowest BCUT2D eigenvalue weighted by Crippen LogP contribution is -2.31. The Balaban J connectivity index is 2.78. The smallest absolute Gasteiger partial charge is 0.0441 e. The van der Waals surface area contributed by atoms with E-state index in [1.807, 2.05) is 11.8 Å². The van der Waals surface area contributed by atoms with Crippen LogP contribution in [0.15, 0.2) is 30.3 Å². The monoisotopic (exact) mass is 295 g/mol. The predicted octanol–water partition coefficient (Wildman–Crippen LogP) is 4.01. The quantitative estimate of drug-likeness (QED) is 0.684. The van der Waals surface area contributed by atoms with Crippen LogP contribution >= 0.6 is 11.8 Å². The van der Waals surface area contributed by atoms with Crippen LogP contribution in [0.25, 0.3) is 0 Å². The summed E-state index contributed by atoms with van der Waals surface area (Å²) in [4.78, 5) is 0. The van der Waals surface area contributed by atoms with Gasteiger partial charge in [0, 0.05) is 23.1 Å². The number of aliphatic hydroxyl groups excluding tert-OH is 1. The highest BCUT2D eigenvalue weighted by molar-refractivity contribution is 8.00. The van der Waals surface area contributed by atoms with Gasteiger partial charge in [0.2, 0.25) is 0 Å². The molecule has 0 saturated heterocycles. The van der Waals surface area contributed by atoms with Gasteiger partial charge in [0.05, 0.1) is 0 Å². The van der Waals surface area contributed by atoms with Crippen molar-refractivity contribution in [2.75, 3.05) is 13.2 Å². The van der Waals surface area contributed by atoms with Gasteiger partial charge < -0.3 is 10.4 Å². The van der Waals surface area contributed by atoms with Crippen molar-refractivity contribution in [2.45, 2.75) is 56.6 Å². The summed E-state index contributed by atoms with van der Waals surface area (Å²) >= 11 is 2.00. The van der Waals surface area contributed by atoms with Gasteiger partial charge in [0.1, 0.15) is 0 Å². The molecule has 0 aromatic heterocycles. The van der Waals surface area contributed by atoms with Crippen molar-refractivity contribution < 1.29 is 5.11 Å². The van der Waals surface area contributed by atoms with Gasteiger partial charge in [0.15, 0.2) is 0 Å². The minimum absolute atomic E-state index is 0.281. The maximum Gasteiger partial charge on any atom is 0.0441 e. The van der Waals surface area contributed by atoms with Crippen LogP contribution in [0.4, 0.5) is 0 Å². The first-order valence-electron chi connectivity index (χ1n) is 7.77. The number of nitrogens with one attached hydrogen (secondary N) is 1. The lowest BCUT2D eigenvalue weighted by molar-refractivity contribution is 0.288. The van der Waals surface area contributed by atoms with E-state index < -0.39 is 0 Å². The van der Waals surface area contributed by atoms with E-state index in [0.717, 1.165) is 25.8 Å². The molecule has 0 fully saturated rings. The van der Waals surface area contributed by atoms with Gasteiger partial charge in [0.25, 0.3) is 0 Å². The predicted molar refractivity (Wildman–Crippen MR) is 90.3 cm³/mol. The number of rotatable bonds is 10. The molecule has 0 heterocycles. The summed E-state index contributed by atoms with van der Waals surface area (Å²) in [5, 5.41) is 13.8. The van der Waals surface area contributed by atoms with Crippen LogP contribution < -0.4 is 5.32 Å². The molecule has 0 bridgehead atoms. The lowest BCUT2D eigenvalue weighted by atomic mass is 10.0. The number of aliphatic hydroxyl groups is 1. The zero-order valence-electron chi connectivity index (χ0n) is 13.0. The molecule has 114 valence electrons. The second-order valence-electron chi connectivity index (χ2n) is 5.25. The molecule has 3 atom stereocenters. The third-order valence-corrected chi connectivity index (χ3v) is 5.15. The van der Waals surface area contributed by atoms with Gasteiger partial charge in [-0.3, -0.25) is 0 Å². The second kappa shape index (κ2) is 10.3. The number of thioether (sulfide) groups is 1. The van der Waals surface area contributed by atoms with Crippen LogP contribution in [-0.2, 0) is 0 Å². The van der Waals surface area contributed by atoms with Crippen LogP contribution in [-0.4, -0.2) is 28.8 Å². The van der Waals surface area contributed by atoms with E-state index in [0.29, 0.717) is 16.5 Å². The van der Waals surface area contributed by atoms with E-state index in [4.69, 9.17) is 5.11 Å². The van der Waals surface area contributed by atoms with E-state index in [9.17, 15) is 0 Å². The Bertz CT molecular complexity index is 344. The fourth-order valence-electron chi connectivity index (χ4n) is 2.38. The molecular weight excluding hydrogens is 266 g/mol. The number of hydrogen-bond acceptors (Lipinski definition) is 3. The molecule has 3 heteroatoms. The SMILES string of the molecule is CCCNC(c1ccccc1)C(CC)SC(C)CCO. The van der Waals surface area contributed by atoms with Crippen LogP contribution in [0.1, 0.15) is 51.6 Å². The number of benzene rings is 1. The van der Waals surface area contributed by atoms with Crippen molar-refractivity contribution in [2.24, 2.45) is 0 Å². The standard InChI is InChI=1S/C17H29NOS/c1-4-12-18-17(15-9-7-6-8-10-15)16(5-2)20-14(3)11-13-19/h6-10,14,16-19H,4-5,11-13H2,1-3H3. The molecule has 1 aromatic rings. The van der Waals surface area contributed by atoms with E-state index in [2.05, 4.69) is 56.4 Å². The maximum absolute atomic E-state index is 9.09. The largest absolute Gasteiger partial charge is 0.396 e. The zero-order valence-corrected chi connectivity index (χ0v) is 13.8. The molecule has 1 rings (SSSR count). The highest BCUT2D eigenvalue weighted by Gasteiger charge is 2.23. The number of hydrogen-bond donors (Lipinski definition) is 2. The Morgan fingerprint density at radius 1 is 1.20 bits per heavy atom. The Morgan fingerprint density at radius 2 is 1.90 bits per heavy atom. The fourth-order valence-corrected chi connectivity index (χ4v) is 3.82. The zero-order chi connectivity index (χ0) is 14.8. The van der Waals surface area contributed by atoms with E-state index >= 15 is 0 Å². The Hall–Kier alpha value is -0.510. The molecule has 20 heavy (non-hydrogen) atoms. The Kier molecular flexibility index (Phi) is 8.99. The molecule has 0 spiro atoms. The van der Waals surface area contributed by atoms with Crippen molar-refractivity contribution in [1.29, 1.82) is 0 Å². The summed E-state index contributed by atoms with van der Waals surface area (Å²) < 4.78 is 0. The molecule has 0 saturated carbocycles. The molecule has 3 unspecified atom stereocenters. The average molecular weight is 295 g/mol. The molecule has 0 aliphatic rings. The van der Waals surface area contributed by atoms with Crippen LogP contribution in [0, 0.1) is 0 Å². The van der Waals surface area contributed by atoms with Crippen molar-refractivity contribution >= 4 is 11.8 Å². The summed E-state index contributed by atoms with van der Waals surface area (Å²) in [5.74, 6) is 0. The second-order valence-corrected chi connectivity index (χ2v) is 6.93. The third kappa shape index (κ3) is 5.86. The summed E-state index contributed by atoms with van der Waals surface area (Å²) in [6.45, 7) is 8.00. The van der Waals surface area contributed by atoms with Crippen LogP contribution in [0.2, 0.25) is 0 Å². The molecule has 0 amide bonds. The van der Waals surface area contributed by atoms with E-state index in [1.54, 1.807) is 0 Å². The summed E-state index contributed by atoms with van der Waals surface area (Å²) in [5.41, 5.74) is 1.37. The third-order valence-electron chi connectivity index (χ3n) is 3.49. The fraction of sp³-hybridized carbons (Fsp3) is 0.647. The minimum Gasteiger partial charge on any atom is -0.396 e. The first-order valence-corrected chi connectivity index (χ1v) is 8.71. The molecule has 2 N–H and O–H groups in total. The van der Waals surface area contributed by atoms with Gasteiger partial charge in [-0.2, -0.15) is 11.8 Å². The first kappa shape index (κ1) is 17.5. The normalized spacial score (nSPS) is 15.8. The summed E-state index contributed by atoms with van der Waals surface area (Å²) in [6.07, 6.45) is 3.16. The highest BCUT2D eigenvalue weighted by Crippen LogP contribution is 2.32. The van der Waals surface area contributed by atoms with Gasteiger partial charge in [-0.15, -0.1) is 0 Å². The topological polar surface area (TPSA) is 32.3 Å². The van der Waals surface area contributed by atoms with Gasteiger partial charge >= 0.3 is 0 Å². The summed E-state index contributed by atoms with van der Waals surface area (Å²) in [6, 6.07) is 11.1. The lowest BCUT2D eigenvalue weighted by Gasteiger charge is -2.29. The van der Waals surface area contributed by atoms with Crippen molar-refractivity contribution in [3.8, 4) is 0 Å². The molecule has 0 aliphatic carbocycles. The summed E-state index contributed by atoms with van der Waals surface area (Å²) in [7, 11) is 0. The van der Waals surface area contributed by atoms with Crippen molar-refractivity contribution in [3.63, 3.8) is 0 Å². The molecule has 2 nitrogen and oxygen atoms in total. The first-order chi connectivity index (χ1) is 9.72. The van der Waals surface area contributed by atoms with Crippen LogP contribution in [0.3, 0.4) is 0 Å². The molecule has 0 radical (unpaired) electrons. The Morgan fingerprint density at radius 3 is 2.45 bits per heavy atom. The van der Waals surface area contributed by atoms with Gasteiger partial charge in [-0.1, -0.05) is 51.1 Å².